The summed E-state index contributed by atoms with van der Waals surface area (Å²) in [5.74, 6) is -0.919. The van der Waals surface area contributed by atoms with Gasteiger partial charge in [-0.3, -0.25) is 4.98 Å². The Morgan fingerprint density at radius 1 is 1.30 bits per heavy atom. The minimum Gasteiger partial charge on any atom is -0.313 e. The van der Waals surface area contributed by atoms with Gasteiger partial charge in [-0.25, -0.2) is 12.8 Å². The molecule has 0 spiro atoms. The van der Waals surface area contributed by atoms with Crippen LogP contribution in [0, 0.1) is 5.82 Å². The van der Waals surface area contributed by atoms with Gasteiger partial charge in [0.05, 0.1) is 11.1 Å². The Kier molecular flexibility index (Phi) is 4.63. The van der Waals surface area contributed by atoms with Crippen LogP contribution in [0.5, 0.6) is 0 Å². The van der Waals surface area contributed by atoms with Gasteiger partial charge in [-0.15, -0.1) is 0 Å². The monoisotopic (exact) mass is 355 g/mol. The van der Waals surface area contributed by atoms with Gasteiger partial charge in [-0.2, -0.15) is 4.31 Å². The first-order chi connectivity index (χ1) is 11.0. The van der Waals surface area contributed by atoms with Crippen LogP contribution < -0.4 is 5.32 Å². The molecule has 1 aromatic heterocycles. The largest absolute Gasteiger partial charge is 0.313 e. The van der Waals surface area contributed by atoms with Crippen molar-refractivity contribution >= 4 is 21.6 Å². The molecule has 122 valence electrons. The minimum absolute atomic E-state index is 0.209. The van der Waals surface area contributed by atoms with Crippen LogP contribution in [-0.4, -0.2) is 37.3 Å². The average molecular weight is 356 g/mol. The predicted molar refractivity (Wildman–Crippen MR) is 85.1 cm³/mol. The van der Waals surface area contributed by atoms with E-state index in [0.717, 1.165) is 5.56 Å². The maximum atomic E-state index is 14.2. The molecule has 1 atom stereocenters. The Balaban J connectivity index is 2.05. The van der Waals surface area contributed by atoms with Crippen molar-refractivity contribution in [2.24, 2.45) is 0 Å². The summed E-state index contributed by atoms with van der Waals surface area (Å²) in [5, 5.41) is 2.95. The number of piperazine rings is 1. The third-order valence-corrected chi connectivity index (χ3v) is 5.98. The molecule has 0 aliphatic carbocycles. The molecule has 2 heterocycles. The number of halogens is 2. The second-order valence-corrected chi connectivity index (χ2v) is 7.44. The van der Waals surface area contributed by atoms with Crippen LogP contribution >= 0.6 is 11.6 Å². The first kappa shape index (κ1) is 16.3. The van der Waals surface area contributed by atoms with Crippen molar-refractivity contribution < 1.29 is 12.8 Å². The molecule has 23 heavy (non-hydrogen) atoms. The number of nitrogens with one attached hydrogen (secondary N) is 1. The molecule has 1 saturated heterocycles. The lowest BCUT2D eigenvalue weighted by atomic mass is 10.1. The van der Waals surface area contributed by atoms with Gasteiger partial charge in [0.2, 0.25) is 10.0 Å². The lowest BCUT2D eigenvalue weighted by Crippen LogP contribution is -2.48. The molecule has 3 rings (SSSR count). The highest BCUT2D eigenvalue weighted by Gasteiger charge is 2.36. The quantitative estimate of drug-likeness (QED) is 0.917. The fourth-order valence-corrected chi connectivity index (χ4v) is 4.57. The molecule has 0 radical (unpaired) electrons. The third-order valence-electron chi connectivity index (χ3n) is 3.77. The fourth-order valence-electron chi connectivity index (χ4n) is 2.64. The standard InChI is InChI=1S/C15H15ClFN3O2S/c16-12-4-1-5-14(15(12)17)23(21,22)20-8-7-19-10-13(20)11-3-2-6-18-9-11/h1-6,9,13,19H,7-8,10H2. The lowest BCUT2D eigenvalue weighted by molar-refractivity contribution is 0.270. The summed E-state index contributed by atoms with van der Waals surface area (Å²) in [6, 6.07) is 7.10. The molecule has 1 aliphatic rings. The Morgan fingerprint density at radius 3 is 2.87 bits per heavy atom. The molecule has 0 saturated carbocycles. The Bertz CT molecular complexity index is 802. The second kappa shape index (κ2) is 6.52. The van der Waals surface area contributed by atoms with E-state index in [2.05, 4.69) is 10.3 Å². The van der Waals surface area contributed by atoms with E-state index >= 15 is 0 Å². The van der Waals surface area contributed by atoms with Gasteiger partial charge in [0.15, 0.2) is 5.82 Å². The van der Waals surface area contributed by atoms with E-state index in [9.17, 15) is 12.8 Å². The van der Waals surface area contributed by atoms with Crippen LogP contribution in [-0.2, 0) is 10.0 Å². The average Bonchev–Trinajstić information content (AvgIpc) is 2.58. The van der Waals surface area contributed by atoms with E-state index in [1.807, 2.05) is 6.07 Å². The molecule has 1 N–H and O–H groups in total. The van der Waals surface area contributed by atoms with Crippen molar-refractivity contribution in [3.8, 4) is 0 Å². The van der Waals surface area contributed by atoms with Crippen molar-refractivity contribution in [1.82, 2.24) is 14.6 Å². The van der Waals surface area contributed by atoms with Crippen LogP contribution in [0.25, 0.3) is 0 Å². The van der Waals surface area contributed by atoms with Crippen molar-refractivity contribution in [2.45, 2.75) is 10.9 Å². The summed E-state index contributed by atoms with van der Waals surface area (Å²) in [6.45, 7) is 1.18. The maximum Gasteiger partial charge on any atom is 0.246 e. The number of aromatic nitrogens is 1. The van der Waals surface area contributed by atoms with Gasteiger partial charge >= 0.3 is 0 Å². The van der Waals surface area contributed by atoms with Crippen LogP contribution in [0.3, 0.4) is 0 Å². The van der Waals surface area contributed by atoms with Crippen LogP contribution in [0.4, 0.5) is 4.39 Å². The zero-order valence-electron chi connectivity index (χ0n) is 12.1. The normalized spacial score (nSPS) is 19.7. The molecule has 0 amide bonds. The van der Waals surface area contributed by atoms with Gasteiger partial charge in [-0.1, -0.05) is 23.7 Å². The molecule has 1 aliphatic heterocycles. The van der Waals surface area contributed by atoms with Crippen molar-refractivity contribution in [1.29, 1.82) is 0 Å². The van der Waals surface area contributed by atoms with Crippen LogP contribution in [0.15, 0.2) is 47.6 Å². The van der Waals surface area contributed by atoms with Crippen LogP contribution in [0.2, 0.25) is 5.02 Å². The van der Waals surface area contributed by atoms with E-state index in [4.69, 9.17) is 11.6 Å². The van der Waals surface area contributed by atoms with Gasteiger partial charge in [0.1, 0.15) is 4.90 Å². The molecule has 5 nitrogen and oxygen atoms in total. The number of hydrogen-bond donors (Lipinski definition) is 1. The number of pyridine rings is 1. The molecule has 1 unspecified atom stereocenters. The fraction of sp³-hybridized carbons (Fsp3) is 0.267. The molecular weight excluding hydrogens is 341 g/mol. The minimum atomic E-state index is -4.01. The molecular formula is C15H15ClFN3O2S. The van der Waals surface area contributed by atoms with Crippen LogP contribution in [0.1, 0.15) is 11.6 Å². The van der Waals surface area contributed by atoms with Crippen molar-refractivity contribution in [2.75, 3.05) is 19.6 Å². The van der Waals surface area contributed by atoms with Crippen molar-refractivity contribution in [3.05, 3.63) is 59.1 Å². The van der Waals surface area contributed by atoms with Crippen molar-refractivity contribution in [3.63, 3.8) is 0 Å². The molecule has 1 fully saturated rings. The molecule has 8 heteroatoms. The third kappa shape index (κ3) is 3.10. The molecule has 1 aromatic carbocycles. The SMILES string of the molecule is O=S(=O)(c1cccc(Cl)c1F)N1CCNCC1c1cccnc1. The summed E-state index contributed by atoms with van der Waals surface area (Å²) >= 11 is 5.73. The highest BCUT2D eigenvalue weighted by atomic mass is 35.5. The molecule has 0 bridgehead atoms. The summed E-state index contributed by atoms with van der Waals surface area (Å²) in [4.78, 5) is 3.63. The van der Waals surface area contributed by atoms with E-state index in [-0.39, 0.29) is 11.6 Å². The highest BCUT2D eigenvalue weighted by Crippen LogP contribution is 2.31. The number of hydrogen-bond acceptors (Lipinski definition) is 4. The zero-order valence-corrected chi connectivity index (χ0v) is 13.7. The number of rotatable bonds is 3. The van der Waals surface area contributed by atoms with Gasteiger partial charge in [-0.05, 0) is 23.8 Å². The Labute approximate surface area is 139 Å². The smallest absolute Gasteiger partial charge is 0.246 e. The Hall–Kier alpha value is -1.54. The summed E-state index contributed by atoms with van der Waals surface area (Å²) in [6.07, 6.45) is 3.24. The van der Waals surface area contributed by atoms with E-state index in [1.165, 1.54) is 22.5 Å². The lowest BCUT2D eigenvalue weighted by Gasteiger charge is -2.35. The first-order valence-corrected chi connectivity index (χ1v) is 8.90. The second-order valence-electron chi connectivity index (χ2n) is 5.17. The van der Waals surface area contributed by atoms with E-state index in [1.54, 1.807) is 18.5 Å². The topological polar surface area (TPSA) is 62.3 Å². The molecule has 2 aromatic rings. The number of nitrogens with zero attached hydrogens (tertiary/aromatic N) is 2. The van der Waals surface area contributed by atoms with Gasteiger partial charge in [0.25, 0.3) is 0 Å². The predicted octanol–water partition coefficient (Wildman–Crippen LogP) is 2.21. The number of sulfonamides is 1. The number of benzene rings is 1. The summed E-state index contributed by atoms with van der Waals surface area (Å²) in [7, 11) is -4.01. The summed E-state index contributed by atoms with van der Waals surface area (Å²) < 4.78 is 41.4. The zero-order chi connectivity index (χ0) is 16.4. The van der Waals surface area contributed by atoms with Gasteiger partial charge in [0, 0.05) is 32.0 Å². The van der Waals surface area contributed by atoms with E-state index in [0.29, 0.717) is 13.1 Å². The van der Waals surface area contributed by atoms with Gasteiger partial charge < -0.3 is 5.32 Å². The Morgan fingerprint density at radius 2 is 2.13 bits per heavy atom. The first-order valence-electron chi connectivity index (χ1n) is 7.08. The summed E-state index contributed by atoms with van der Waals surface area (Å²) in [5.41, 5.74) is 0.755. The highest BCUT2D eigenvalue weighted by molar-refractivity contribution is 7.89. The maximum absolute atomic E-state index is 14.2. The van der Waals surface area contributed by atoms with E-state index < -0.39 is 26.8 Å².